The van der Waals surface area contributed by atoms with Crippen LogP contribution in [0.2, 0.25) is 0 Å². The Balaban J connectivity index is 1.71. The zero-order chi connectivity index (χ0) is 21.7. The molecule has 0 aliphatic heterocycles. The van der Waals surface area contributed by atoms with Crippen molar-refractivity contribution < 1.29 is 19.5 Å². The lowest BCUT2D eigenvalue weighted by atomic mass is 9.96. The van der Waals surface area contributed by atoms with Crippen LogP contribution in [0.4, 0.5) is 0 Å². The highest BCUT2D eigenvalue weighted by molar-refractivity contribution is 7.15. The number of hydrogen-bond donors (Lipinski definition) is 1. The number of carboxylic acid groups (broad SMARTS) is 1. The second kappa shape index (κ2) is 7.53. The molecule has 0 bridgehead atoms. The molecule has 2 aliphatic rings. The summed E-state index contributed by atoms with van der Waals surface area (Å²) in [7, 11) is 3.17. The van der Waals surface area contributed by atoms with Crippen LogP contribution in [0.25, 0.3) is 21.3 Å². The number of aryl methyl sites for hydroxylation is 1. The van der Waals surface area contributed by atoms with Gasteiger partial charge in [0.15, 0.2) is 5.75 Å². The summed E-state index contributed by atoms with van der Waals surface area (Å²) in [6, 6.07) is 5.98. The van der Waals surface area contributed by atoms with Gasteiger partial charge in [0.25, 0.3) is 0 Å². The predicted octanol–water partition coefficient (Wildman–Crippen LogP) is 4.26. The molecule has 160 valence electrons. The second-order valence-corrected chi connectivity index (χ2v) is 9.07. The van der Waals surface area contributed by atoms with E-state index in [9.17, 15) is 14.7 Å². The smallest absolute Gasteiger partial charge is 0.341 e. The lowest BCUT2D eigenvalue weighted by Gasteiger charge is -2.17. The number of aromatic nitrogens is 1. The monoisotopic (exact) mass is 438 g/mol. The normalized spacial score (nSPS) is 17.0. The third kappa shape index (κ3) is 3.31. The molecule has 1 N–H and O–H groups in total. The Labute approximate surface area is 182 Å². The number of thiophene rings is 1. The van der Waals surface area contributed by atoms with Crippen molar-refractivity contribution in [3.8, 4) is 16.2 Å². The van der Waals surface area contributed by atoms with Crippen molar-refractivity contribution in [1.29, 1.82) is 0 Å². The van der Waals surface area contributed by atoms with Crippen molar-refractivity contribution in [2.45, 2.75) is 38.1 Å². The number of hydrogen-bond acceptors (Lipinski definition) is 6. The van der Waals surface area contributed by atoms with Crippen molar-refractivity contribution in [3.05, 3.63) is 50.6 Å². The van der Waals surface area contributed by atoms with Crippen LogP contribution < -0.4 is 10.2 Å². The number of aromatic carboxylic acids is 1. The van der Waals surface area contributed by atoms with Crippen molar-refractivity contribution >= 4 is 33.9 Å². The van der Waals surface area contributed by atoms with E-state index in [1.165, 1.54) is 16.6 Å². The second-order valence-electron chi connectivity index (χ2n) is 7.93. The van der Waals surface area contributed by atoms with E-state index in [2.05, 4.69) is 11.2 Å². The number of fused-ring (bicyclic) bond motifs is 2. The van der Waals surface area contributed by atoms with Gasteiger partial charge in [-0.1, -0.05) is 5.16 Å². The van der Waals surface area contributed by atoms with E-state index >= 15 is 0 Å². The van der Waals surface area contributed by atoms with Crippen LogP contribution in [0.3, 0.4) is 0 Å². The van der Waals surface area contributed by atoms with Crippen LogP contribution in [0.5, 0.6) is 5.75 Å². The van der Waals surface area contributed by atoms with E-state index < -0.39 is 11.4 Å². The van der Waals surface area contributed by atoms with Gasteiger partial charge in [0.1, 0.15) is 12.7 Å². The summed E-state index contributed by atoms with van der Waals surface area (Å²) in [4.78, 5) is 31.8. The molecule has 31 heavy (non-hydrogen) atoms. The molecule has 2 aliphatic carbocycles. The number of nitrogens with zero attached hydrogens (tertiary/aromatic N) is 2. The van der Waals surface area contributed by atoms with E-state index in [4.69, 9.17) is 9.57 Å². The van der Waals surface area contributed by atoms with Crippen LogP contribution >= 0.6 is 11.3 Å². The topological polar surface area (TPSA) is 90.1 Å². The molecular weight excluding hydrogens is 416 g/mol. The summed E-state index contributed by atoms with van der Waals surface area (Å²) < 4.78 is 7.75. The number of rotatable bonds is 5. The zero-order valence-electron chi connectivity index (χ0n) is 17.3. The van der Waals surface area contributed by atoms with E-state index in [1.54, 1.807) is 31.6 Å². The lowest BCUT2D eigenvalue weighted by Crippen LogP contribution is -2.19. The van der Waals surface area contributed by atoms with Gasteiger partial charge < -0.3 is 19.2 Å². The Hall–Kier alpha value is -3.13. The van der Waals surface area contributed by atoms with Crippen molar-refractivity contribution in [1.82, 2.24) is 4.57 Å². The molecule has 2 heterocycles. The van der Waals surface area contributed by atoms with E-state index in [0.29, 0.717) is 16.7 Å². The van der Waals surface area contributed by atoms with Gasteiger partial charge in [-0.2, -0.15) is 0 Å². The summed E-state index contributed by atoms with van der Waals surface area (Å²) in [6.45, 7) is 0. The van der Waals surface area contributed by atoms with Gasteiger partial charge in [-0.25, -0.2) is 4.79 Å². The van der Waals surface area contributed by atoms with Crippen LogP contribution in [0.15, 0.2) is 34.3 Å². The van der Waals surface area contributed by atoms with Gasteiger partial charge >= 0.3 is 5.97 Å². The van der Waals surface area contributed by atoms with Crippen molar-refractivity contribution in [3.63, 3.8) is 0 Å². The van der Waals surface area contributed by atoms with Crippen LogP contribution in [-0.4, -0.2) is 35.6 Å². The molecule has 0 atom stereocenters. The van der Waals surface area contributed by atoms with E-state index in [0.717, 1.165) is 48.3 Å². The molecule has 5 rings (SSSR count). The van der Waals surface area contributed by atoms with Gasteiger partial charge in [-0.05, 0) is 49.4 Å². The van der Waals surface area contributed by atoms with Gasteiger partial charge in [-0.3, -0.25) is 4.79 Å². The first-order valence-corrected chi connectivity index (χ1v) is 11.0. The van der Waals surface area contributed by atoms with Gasteiger partial charge in [0.2, 0.25) is 5.43 Å². The summed E-state index contributed by atoms with van der Waals surface area (Å²) in [5.41, 5.74) is 3.25. The third-order valence-corrected chi connectivity index (χ3v) is 7.16. The predicted molar refractivity (Wildman–Crippen MR) is 120 cm³/mol. The molecule has 1 fully saturated rings. The molecule has 0 unspecified atom stereocenters. The molecule has 8 heteroatoms. The quantitative estimate of drug-likeness (QED) is 0.601. The number of ether oxygens (including phenoxy) is 1. The minimum absolute atomic E-state index is 0.190. The fourth-order valence-electron chi connectivity index (χ4n) is 4.33. The Morgan fingerprint density at radius 2 is 2.06 bits per heavy atom. The molecule has 1 saturated carbocycles. The van der Waals surface area contributed by atoms with E-state index in [-0.39, 0.29) is 11.6 Å². The van der Waals surface area contributed by atoms with Gasteiger partial charge in [-0.15, -0.1) is 11.3 Å². The Bertz CT molecular complexity index is 1300. The number of carbonyl (C=O) groups is 1. The number of methoxy groups -OCH3 is 1. The molecular formula is C23H22N2O5S. The van der Waals surface area contributed by atoms with Gasteiger partial charge in [0.05, 0.1) is 23.7 Å². The zero-order valence-corrected chi connectivity index (χ0v) is 18.1. The molecule has 1 aromatic carbocycles. The number of carboxylic acids is 1. The first-order chi connectivity index (χ1) is 15.0. The summed E-state index contributed by atoms with van der Waals surface area (Å²) in [5, 5.41) is 14.0. The summed E-state index contributed by atoms with van der Waals surface area (Å²) in [5.74, 6) is -0.591. The van der Waals surface area contributed by atoms with E-state index in [1.807, 2.05) is 10.6 Å². The molecule has 3 aromatic rings. The fraction of sp³-hybridized carbons (Fsp3) is 0.348. The average Bonchev–Trinajstić information content (AvgIpc) is 3.51. The maximum Gasteiger partial charge on any atom is 0.341 e. The molecule has 0 amide bonds. The molecule has 0 radical (unpaired) electrons. The maximum atomic E-state index is 12.9. The van der Waals surface area contributed by atoms with Crippen molar-refractivity contribution in [2.75, 3.05) is 14.2 Å². The summed E-state index contributed by atoms with van der Waals surface area (Å²) in [6.07, 6.45) is 5.96. The number of benzene rings is 1. The molecule has 7 nitrogen and oxygen atoms in total. The SMILES string of the molecule is CO/N=C1\CCc2cc(-c3ccc4c(=O)c(C(=O)O)cn(C5CC5)c4c3OC)sc2C1. The fourth-order valence-corrected chi connectivity index (χ4v) is 5.60. The standard InChI is InChI=1S/C23H22N2O5S/c1-29-22-15(19-9-12-3-4-13(24-30-2)10-18(12)31-19)7-8-16-20(22)25(14-5-6-14)11-17(21(16)26)23(27)28/h7-9,11,14H,3-6,10H2,1-2H3,(H,27,28)/b24-13+. The minimum atomic E-state index is -1.20. The molecule has 2 aromatic heterocycles. The van der Waals surface area contributed by atoms with Crippen LogP contribution in [0, 0.1) is 0 Å². The highest BCUT2D eigenvalue weighted by atomic mass is 32.1. The highest BCUT2D eigenvalue weighted by Gasteiger charge is 2.29. The Morgan fingerprint density at radius 3 is 2.74 bits per heavy atom. The Morgan fingerprint density at radius 1 is 1.26 bits per heavy atom. The Kier molecular flexibility index (Phi) is 4.81. The average molecular weight is 439 g/mol. The van der Waals surface area contributed by atoms with Crippen LogP contribution in [0.1, 0.15) is 46.1 Å². The molecule has 0 spiro atoms. The molecule has 0 saturated heterocycles. The number of oxime groups is 1. The first-order valence-electron chi connectivity index (χ1n) is 10.2. The first kappa shape index (κ1) is 19.8. The van der Waals surface area contributed by atoms with Crippen molar-refractivity contribution in [2.24, 2.45) is 5.16 Å². The minimum Gasteiger partial charge on any atom is -0.494 e. The highest BCUT2D eigenvalue weighted by Crippen LogP contribution is 2.45. The lowest BCUT2D eigenvalue weighted by molar-refractivity contribution is 0.0695. The maximum absolute atomic E-state index is 12.9. The third-order valence-electron chi connectivity index (χ3n) is 5.95. The number of pyridine rings is 1. The summed E-state index contributed by atoms with van der Waals surface area (Å²) >= 11 is 1.70. The van der Waals surface area contributed by atoms with Crippen LogP contribution in [-0.2, 0) is 17.7 Å². The van der Waals surface area contributed by atoms with Gasteiger partial charge in [0, 0.05) is 34.0 Å². The largest absolute Gasteiger partial charge is 0.494 e.